The molecule has 0 saturated heterocycles. The van der Waals surface area contributed by atoms with Crippen LogP contribution in [0.5, 0.6) is 0 Å². The number of nitrogens with two attached hydrogens (primary N) is 1. The average molecular weight is 342 g/mol. The second-order valence-corrected chi connectivity index (χ2v) is 6.07. The molecule has 1 aromatic rings. The zero-order valence-corrected chi connectivity index (χ0v) is 15.3. The van der Waals surface area contributed by atoms with Crippen molar-refractivity contribution in [3.05, 3.63) is 29.8 Å². The second kappa shape index (κ2) is 9.53. The van der Waals surface area contributed by atoms with E-state index in [1.165, 1.54) is 0 Å². The summed E-state index contributed by atoms with van der Waals surface area (Å²) in [6, 6.07) is 7.51. The number of benzene rings is 1. The van der Waals surface area contributed by atoms with E-state index >= 15 is 0 Å². The molecule has 0 aliphatic heterocycles. The standard InChI is InChI=1S/C17H27N3O2.ClH/c1-11(2)20(14(5)21)10-15-6-8-16(9-7-15)19-17(22)12(3)13(4)18;/h6-9,11-13H,10,18H2,1-5H3,(H,19,22);1H. The lowest BCUT2D eigenvalue weighted by atomic mass is 10.0. The molecule has 0 aliphatic carbocycles. The Bertz CT molecular complexity index is 515. The highest BCUT2D eigenvalue weighted by molar-refractivity contribution is 5.92. The van der Waals surface area contributed by atoms with Crippen LogP contribution in [0.3, 0.4) is 0 Å². The fourth-order valence-corrected chi connectivity index (χ4v) is 2.04. The molecule has 3 N–H and O–H groups in total. The third kappa shape index (κ3) is 6.59. The lowest BCUT2D eigenvalue weighted by Gasteiger charge is -2.25. The smallest absolute Gasteiger partial charge is 0.228 e. The molecule has 0 spiro atoms. The topological polar surface area (TPSA) is 75.4 Å². The summed E-state index contributed by atoms with van der Waals surface area (Å²) >= 11 is 0. The number of amides is 2. The number of anilines is 1. The van der Waals surface area contributed by atoms with E-state index in [1.807, 2.05) is 52.0 Å². The van der Waals surface area contributed by atoms with Crippen molar-refractivity contribution in [2.45, 2.75) is 53.2 Å². The summed E-state index contributed by atoms with van der Waals surface area (Å²) in [5.74, 6) is -0.276. The fraction of sp³-hybridized carbons (Fsp3) is 0.529. The van der Waals surface area contributed by atoms with Crippen molar-refractivity contribution in [3.8, 4) is 0 Å². The first kappa shape index (κ1) is 21.4. The van der Waals surface area contributed by atoms with Gasteiger partial charge in [-0.1, -0.05) is 19.1 Å². The normalized spacial score (nSPS) is 13.0. The maximum atomic E-state index is 12.0. The van der Waals surface area contributed by atoms with E-state index in [0.717, 1.165) is 11.3 Å². The minimum atomic E-state index is -0.242. The van der Waals surface area contributed by atoms with Crippen LogP contribution in [0.15, 0.2) is 24.3 Å². The Morgan fingerprint density at radius 3 is 2.04 bits per heavy atom. The Labute approximate surface area is 145 Å². The highest BCUT2D eigenvalue weighted by Crippen LogP contribution is 2.14. The number of hydrogen-bond donors (Lipinski definition) is 2. The molecule has 0 saturated carbocycles. The predicted octanol–water partition coefficient (Wildman–Crippen LogP) is 2.79. The van der Waals surface area contributed by atoms with Gasteiger partial charge in [0, 0.05) is 31.2 Å². The summed E-state index contributed by atoms with van der Waals surface area (Å²) in [6.07, 6.45) is 0. The maximum Gasteiger partial charge on any atom is 0.228 e. The van der Waals surface area contributed by atoms with E-state index < -0.39 is 0 Å². The van der Waals surface area contributed by atoms with Crippen LogP contribution in [0.1, 0.15) is 40.2 Å². The zero-order chi connectivity index (χ0) is 16.9. The average Bonchev–Trinajstić information content (AvgIpc) is 2.44. The Morgan fingerprint density at radius 2 is 1.65 bits per heavy atom. The van der Waals surface area contributed by atoms with Gasteiger partial charge in [-0.2, -0.15) is 0 Å². The SMILES string of the molecule is CC(=O)N(Cc1ccc(NC(=O)C(C)C(C)N)cc1)C(C)C.Cl. The Kier molecular flexibility index (Phi) is 8.87. The maximum absolute atomic E-state index is 12.0. The molecule has 1 rings (SSSR count). The van der Waals surface area contributed by atoms with Crippen LogP contribution in [0, 0.1) is 5.92 Å². The van der Waals surface area contributed by atoms with Crippen LogP contribution in [0.2, 0.25) is 0 Å². The van der Waals surface area contributed by atoms with Gasteiger partial charge in [0.2, 0.25) is 11.8 Å². The third-order valence-electron chi connectivity index (χ3n) is 3.80. The quantitative estimate of drug-likeness (QED) is 0.835. The number of carbonyl (C=O) groups excluding carboxylic acids is 2. The second-order valence-electron chi connectivity index (χ2n) is 6.07. The minimum absolute atomic E-state index is 0. The molecule has 0 fully saturated rings. The molecule has 0 heterocycles. The van der Waals surface area contributed by atoms with Crippen molar-refractivity contribution in [2.24, 2.45) is 11.7 Å². The molecule has 6 heteroatoms. The lowest BCUT2D eigenvalue weighted by Crippen LogP contribution is -2.34. The van der Waals surface area contributed by atoms with Gasteiger partial charge in [0.05, 0.1) is 5.92 Å². The molecule has 0 bridgehead atoms. The van der Waals surface area contributed by atoms with Gasteiger partial charge in [0.1, 0.15) is 0 Å². The Balaban J connectivity index is 0.00000484. The van der Waals surface area contributed by atoms with Gasteiger partial charge < -0.3 is 16.0 Å². The van der Waals surface area contributed by atoms with Crippen LogP contribution in [0.25, 0.3) is 0 Å². The number of nitrogens with zero attached hydrogens (tertiary/aromatic N) is 1. The minimum Gasteiger partial charge on any atom is -0.336 e. The van der Waals surface area contributed by atoms with Gasteiger partial charge in [0.25, 0.3) is 0 Å². The number of hydrogen-bond acceptors (Lipinski definition) is 3. The molecular weight excluding hydrogens is 314 g/mol. The van der Waals surface area contributed by atoms with Crippen molar-refractivity contribution in [2.75, 3.05) is 5.32 Å². The van der Waals surface area contributed by atoms with E-state index in [2.05, 4.69) is 5.32 Å². The fourth-order valence-electron chi connectivity index (χ4n) is 2.04. The molecule has 0 aliphatic rings. The van der Waals surface area contributed by atoms with Gasteiger partial charge in [-0.05, 0) is 38.5 Å². The van der Waals surface area contributed by atoms with Crippen molar-refractivity contribution in [1.29, 1.82) is 0 Å². The van der Waals surface area contributed by atoms with Crippen molar-refractivity contribution in [1.82, 2.24) is 4.90 Å². The first-order chi connectivity index (χ1) is 10.2. The molecule has 1 aromatic carbocycles. The highest BCUT2D eigenvalue weighted by Gasteiger charge is 2.17. The molecule has 23 heavy (non-hydrogen) atoms. The van der Waals surface area contributed by atoms with E-state index in [9.17, 15) is 9.59 Å². The molecule has 0 aromatic heterocycles. The summed E-state index contributed by atoms with van der Waals surface area (Å²) in [5.41, 5.74) is 7.49. The van der Waals surface area contributed by atoms with Gasteiger partial charge in [-0.15, -0.1) is 12.4 Å². The zero-order valence-electron chi connectivity index (χ0n) is 14.5. The summed E-state index contributed by atoms with van der Waals surface area (Å²) in [6.45, 7) is 9.75. The van der Waals surface area contributed by atoms with Crippen LogP contribution >= 0.6 is 12.4 Å². The van der Waals surface area contributed by atoms with Crippen molar-refractivity contribution in [3.63, 3.8) is 0 Å². The summed E-state index contributed by atoms with van der Waals surface area (Å²) in [7, 11) is 0. The number of rotatable bonds is 6. The van der Waals surface area contributed by atoms with Gasteiger partial charge in [-0.25, -0.2) is 0 Å². The van der Waals surface area contributed by atoms with E-state index in [4.69, 9.17) is 5.73 Å². The first-order valence-electron chi connectivity index (χ1n) is 7.65. The number of halogens is 1. The Morgan fingerprint density at radius 1 is 1.13 bits per heavy atom. The van der Waals surface area contributed by atoms with Crippen LogP contribution in [-0.4, -0.2) is 28.8 Å². The third-order valence-corrected chi connectivity index (χ3v) is 3.80. The molecular formula is C17H28ClN3O2. The van der Waals surface area contributed by atoms with Gasteiger partial charge in [-0.3, -0.25) is 9.59 Å². The predicted molar refractivity (Wildman–Crippen MR) is 96.5 cm³/mol. The van der Waals surface area contributed by atoms with E-state index in [-0.39, 0.29) is 42.2 Å². The van der Waals surface area contributed by atoms with E-state index in [1.54, 1.807) is 11.8 Å². The highest BCUT2D eigenvalue weighted by atomic mass is 35.5. The van der Waals surface area contributed by atoms with Crippen LogP contribution in [-0.2, 0) is 16.1 Å². The summed E-state index contributed by atoms with van der Waals surface area (Å²) in [5, 5.41) is 2.85. The monoisotopic (exact) mass is 341 g/mol. The largest absolute Gasteiger partial charge is 0.336 e. The number of nitrogens with one attached hydrogen (secondary N) is 1. The lowest BCUT2D eigenvalue weighted by molar-refractivity contribution is -0.131. The van der Waals surface area contributed by atoms with Crippen molar-refractivity contribution < 1.29 is 9.59 Å². The van der Waals surface area contributed by atoms with Gasteiger partial charge >= 0.3 is 0 Å². The van der Waals surface area contributed by atoms with E-state index in [0.29, 0.717) is 6.54 Å². The summed E-state index contributed by atoms with van der Waals surface area (Å²) < 4.78 is 0. The molecule has 2 unspecified atom stereocenters. The van der Waals surface area contributed by atoms with Crippen molar-refractivity contribution >= 4 is 29.9 Å². The first-order valence-corrected chi connectivity index (χ1v) is 7.65. The molecule has 0 radical (unpaired) electrons. The summed E-state index contributed by atoms with van der Waals surface area (Å²) in [4.78, 5) is 25.3. The molecule has 2 amide bonds. The molecule has 2 atom stereocenters. The molecule has 5 nitrogen and oxygen atoms in total. The van der Waals surface area contributed by atoms with Crippen LogP contribution in [0.4, 0.5) is 5.69 Å². The van der Waals surface area contributed by atoms with Crippen LogP contribution < -0.4 is 11.1 Å². The van der Waals surface area contributed by atoms with Gasteiger partial charge in [0.15, 0.2) is 0 Å². The number of carbonyl (C=O) groups is 2. The molecule has 130 valence electrons. The Hall–Kier alpha value is -1.59.